The number of nitrogens with zero attached hydrogens (tertiary/aromatic N) is 3. The number of fused-ring (bicyclic) bond motifs is 1. The average molecular weight is 471 g/mol. The number of non-ortho nitro benzene ring substituents is 1. The summed E-state index contributed by atoms with van der Waals surface area (Å²) in [5.74, 6) is -1.10. The minimum absolute atomic E-state index is 0.0452. The van der Waals surface area contributed by atoms with Gasteiger partial charge >= 0.3 is 0 Å². The van der Waals surface area contributed by atoms with Crippen LogP contribution < -0.4 is 10.9 Å². The molecule has 0 spiro atoms. The Kier molecular flexibility index (Phi) is 6.11. The topological polar surface area (TPSA) is 144 Å². The number of nitro groups is 1. The maximum atomic E-state index is 12.6. The molecule has 11 nitrogen and oxygen atoms in total. The minimum atomic E-state index is -3.57. The number of benzene rings is 2. The lowest BCUT2D eigenvalue weighted by atomic mass is 10.2. The van der Waals surface area contributed by atoms with E-state index < -0.39 is 26.8 Å². The molecule has 2 amide bonds. The summed E-state index contributed by atoms with van der Waals surface area (Å²) in [7, 11) is -3.57. The van der Waals surface area contributed by atoms with E-state index >= 15 is 0 Å². The number of carbonyl (C=O) groups is 2. The molecule has 4 rings (SSSR count). The molecular formula is C21H21N5O6S. The molecule has 0 atom stereocenters. The highest BCUT2D eigenvalue weighted by molar-refractivity contribution is 7.89. The number of hydrogen-bond acceptors (Lipinski definition) is 6. The smallest absolute Gasteiger partial charge is 0.270 e. The Labute approximate surface area is 189 Å². The van der Waals surface area contributed by atoms with Gasteiger partial charge in [0, 0.05) is 47.9 Å². The molecule has 1 aliphatic rings. The van der Waals surface area contributed by atoms with Crippen LogP contribution in [0.5, 0.6) is 0 Å². The number of nitrogens with one attached hydrogen (secondary N) is 2. The molecule has 1 saturated heterocycles. The van der Waals surface area contributed by atoms with Crippen molar-refractivity contribution in [3.8, 4) is 0 Å². The molecule has 2 heterocycles. The zero-order valence-corrected chi connectivity index (χ0v) is 18.2. The van der Waals surface area contributed by atoms with Gasteiger partial charge in [0.05, 0.1) is 9.82 Å². The number of aromatic nitrogens is 1. The maximum absolute atomic E-state index is 12.6. The van der Waals surface area contributed by atoms with E-state index in [2.05, 4.69) is 10.9 Å². The second-order valence-corrected chi connectivity index (χ2v) is 9.52. The van der Waals surface area contributed by atoms with E-state index in [1.54, 1.807) is 22.9 Å². The van der Waals surface area contributed by atoms with Crippen molar-refractivity contribution in [3.05, 3.63) is 70.4 Å². The summed E-state index contributed by atoms with van der Waals surface area (Å²) in [5, 5.41) is 11.5. The summed E-state index contributed by atoms with van der Waals surface area (Å²) in [6.45, 7) is 0.864. The molecule has 1 aliphatic heterocycles. The van der Waals surface area contributed by atoms with Crippen LogP contribution in [0.15, 0.2) is 59.6 Å². The van der Waals surface area contributed by atoms with Crippen LogP contribution in [-0.4, -0.2) is 47.1 Å². The number of hydrogen-bond donors (Lipinski definition) is 2. The van der Waals surface area contributed by atoms with E-state index in [0.717, 1.165) is 12.8 Å². The fourth-order valence-corrected chi connectivity index (χ4v) is 5.20. The number of nitro benzene ring substituents is 1. The monoisotopic (exact) mass is 471 g/mol. The van der Waals surface area contributed by atoms with E-state index in [1.165, 1.54) is 40.7 Å². The van der Waals surface area contributed by atoms with Crippen LogP contribution in [0.25, 0.3) is 10.9 Å². The van der Waals surface area contributed by atoms with E-state index in [4.69, 9.17) is 0 Å². The molecular weight excluding hydrogens is 450 g/mol. The maximum Gasteiger partial charge on any atom is 0.270 e. The molecule has 2 aromatic carbocycles. The molecule has 3 aromatic rings. The minimum Gasteiger partial charge on any atom is -0.338 e. The molecule has 0 aliphatic carbocycles. The lowest BCUT2D eigenvalue weighted by Crippen LogP contribution is -2.43. The summed E-state index contributed by atoms with van der Waals surface area (Å²) < 4.78 is 28.1. The lowest BCUT2D eigenvalue weighted by molar-refractivity contribution is -0.384. The van der Waals surface area contributed by atoms with Gasteiger partial charge in [0.1, 0.15) is 6.54 Å². The summed E-state index contributed by atoms with van der Waals surface area (Å²) in [6, 6.07) is 11.5. The first-order valence-corrected chi connectivity index (χ1v) is 11.6. The van der Waals surface area contributed by atoms with Crippen LogP contribution >= 0.6 is 0 Å². The highest BCUT2D eigenvalue weighted by Gasteiger charge is 2.27. The van der Waals surface area contributed by atoms with Crippen LogP contribution in [0.3, 0.4) is 0 Å². The fourth-order valence-electron chi connectivity index (χ4n) is 3.69. The average Bonchev–Trinajstić information content (AvgIpc) is 3.48. The third-order valence-corrected chi connectivity index (χ3v) is 7.33. The van der Waals surface area contributed by atoms with Crippen molar-refractivity contribution in [1.29, 1.82) is 0 Å². The van der Waals surface area contributed by atoms with Gasteiger partial charge in [-0.25, -0.2) is 8.42 Å². The standard InChI is InChI=1S/C21H21N5O6S/c27-20(14-24-12-9-16-13-17(26(29)30)5-8-19(16)24)22-23-21(28)15-3-6-18(7-4-15)33(31,32)25-10-1-2-11-25/h3-9,12-13H,1-2,10-11,14H2,(H,22,27)(H,23,28). The molecule has 0 bridgehead atoms. The zero-order chi connectivity index (χ0) is 23.6. The number of sulfonamides is 1. The normalized spacial score (nSPS) is 14.3. The lowest BCUT2D eigenvalue weighted by Gasteiger charge is -2.15. The van der Waals surface area contributed by atoms with Gasteiger partial charge < -0.3 is 4.57 Å². The summed E-state index contributed by atoms with van der Waals surface area (Å²) in [6.07, 6.45) is 3.28. The van der Waals surface area contributed by atoms with Crippen molar-refractivity contribution >= 4 is 38.4 Å². The van der Waals surface area contributed by atoms with Gasteiger partial charge in [-0.3, -0.25) is 30.6 Å². The Morgan fingerprint density at radius 3 is 2.36 bits per heavy atom. The third-order valence-electron chi connectivity index (χ3n) is 5.41. The number of hydrazine groups is 1. The second kappa shape index (κ2) is 9.00. The Hall–Kier alpha value is -3.77. The number of amides is 2. The molecule has 2 N–H and O–H groups in total. The van der Waals surface area contributed by atoms with Gasteiger partial charge in [-0.2, -0.15) is 4.31 Å². The first-order valence-electron chi connectivity index (χ1n) is 10.2. The Balaban J connectivity index is 1.35. The van der Waals surface area contributed by atoms with Crippen molar-refractivity contribution in [2.75, 3.05) is 13.1 Å². The Bertz CT molecular complexity index is 1330. The fraction of sp³-hybridized carbons (Fsp3) is 0.238. The van der Waals surface area contributed by atoms with E-state index in [9.17, 15) is 28.1 Å². The molecule has 1 fully saturated rings. The second-order valence-electron chi connectivity index (χ2n) is 7.58. The number of carbonyl (C=O) groups excluding carboxylic acids is 2. The van der Waals surface area contributed by atoms with Crippen LogP contribution in [0, 0.1) is 10.1 Å². The van der Waals surface area contributed by atoms with E-state index in [-0.39, 0.29) is 22.7 Å². The largest absolute Gasteiger partial charge is 0.338 e. The summed E-state index contributed by atoms with van der Waals surface area (Å²) in [4.78, 5) is 35.1. The number of rotatable bonds is 6. The highest BCUT2D eigenvalue weighted by atomic mass is 32.2. The molecule has 33 heavy (non-hydrogen) atoms. The van der Waals surface area contributed by atoms with Crippen LogP contribution in [-0.2, 0) is 21.4 Å². The predicted octanol–water partition coefficient (Wildman–Crippen LogP) is 1.80. The van der Waals surface area contributed by atoms with E-state index in [1.807, 2.05) is 0 Å². The van der Waals surface area contributed by atoms with Crippen LogP contribution in [0.2, 0.25) is 0 Å². The summed E-state index contributed by atoms with van der Waals surface area (Å²) >= 11 is 0. The first kappa shape index (κ1) is 22.4. The van der Waals surface area contributed by atoms with E-state index in [0.29, 0.717) is 24.0 Å². The third kappa shape index (κ3) is 4.71. The van der Waals surface area contributed by atoms with Crippen molar-refractivity contribution in [1.82, 2.24) is 19.7 Å². The van der Waals surface area contributed by atoms with Crippen molar-refractivity contribution in [3.63, 3.8) is 0 Å². The Morgan fingerprint density at radius 1 is 1.00 bits per heavy atom. The van der Waals surface area contributed by atoms with Crippen molar-refractivity contribution in [2.45, 2.75) is 24.3 Å². The first-order chi connectivity index (χ1) is 15.8. The van der Waals surface area contributed by atoms with Crippen LogP contribution in [0.1, 0.15) is 23.2 Å². The van der Waals surface area contributed by atoms with Crippen LogP contribution in [0.4, 0.5) is 5.69 Å². The zero-order valence-electron chi connectivity index (χ0n) is 17.4. The van der Waals surface area contributed by atoms with Crippen molar-refractivity contribution in [2.24, 2.45) is 0 Å². The molecule has 0 saturated carbocycles. The predicted molar refractivity (Wildman–Crippen MR) is 119 cm³/mol. The Morgan fingerprint density at radius 2 is 1.70 bits per heavy atom. The molecule has 1 aromatic heterocycles. The quantitative estimate of drug-likeness (QED) is 0.414. The highest BCUT2D eigenvalue weighted by Crippen LogP contribution is 2.22. The van der Waals surface area contributed by atoms with Gasteiger partial charge in [0.25, 0.3) is 17.5 Å². The van der Waals surface area contributed by atoms with Gasteiger partial charge in [-0.15, -0.1) is 0 Å². The van der Waals surface area contributed by atoms with Gasteiger partial charge in [0.15, 0.2) is 0 Å². The van der Waals surface area contributed by atoms with Gasteiger partial charge in [0.2, 0.25) is 10.0 Å². The molecule has 12 heteroatoms. The SMILES string of the molecule is O=C(Cn1ccc2cc([N+](=O)[O-])ccc21)NNC(=O)c1ccc(S(=O)(=O)N2CCCC2)cc1. The molecule has 0 unspecified atom stereocenters. The summed E-state index contributed by atoms with van der Waals surface area (Å²) in [5.41, 5.74) is 5.38. The van der Waals surface area contributed by atoms with Gasteiger partial charge in [-0.05, 0) is 49.2 Å². The van der Waals surface area contributed by atoms with Gasteiger partial charge in [-0.1, -0.05) is 0 Å². The molecule has 172 valence electrons. The molecule has 0 radical (unpaired) electrons. The van der Waals surface area contributed by atoms with Crippen molar-refractivity contribution < 1.29 is 22.9 Å².